The van der Waals surface area contributed by atoms with Crippen LogP contribution < -0.4 is 0 Å². The van der Waals surface area contributed by atoms with Crippen LogP contribution in [0.5, 0.6) is 0 Å². The van der Waals surface area contributed by atoms with Crippen molar-refractivity contribution in [1.82, 2.24) is 9.21 Å². The van der Waals surface area contributed by atoms with Crippen molar-refractivity contribution < 1.29 is 18.1 Å². The van der Waals surface area contributed by atoms with Crippen LogP contribution in [0.15, 0.2) is 54.5 Å². The molecule has 8 nitrogen and oxygen atoms in total. The molecule has 0 heterocycles. The van der Waals surface area contributed by atoms with Gasteiger partial charge in [0.1, 0.15) is 0 Å². The molecular formula is C15H19N3O5S. The maximum absolute atomic E-state index is 12.5. The molecule has 130 valence electrons. The molecule has 1 aromatic carbocycles. The summed E-state index contributed by atoms with van der Waals surface area (Å²) in [5.74, 6) is -0.425. The van der Waals surface area contributed by atoms with Crippen molar-refractivity contribution >= 4 is 21.6 Å². The number of nitro benzene ring substituents is 1. The second kappa shape index (κ2) is 8.37. The summed E-state index contributed by atoms with van der Waals surface area (Å²) < 4.78 is 25.8. The van der Waals surface area contributed by atoms with Crippen LogP contribution >= 0.6 is 0 Å². The van der Waals surface area contributed by atoms with E-state index in [2.05, 4.69) is 13.2 Å². The number of rotatable bonds is 9. The van der Waals surface area contributed by atoms with Crippen LogP contribution in [-0.4, -0.2) is 55.1 Å². The normalized spacial score (nSPS) is 11.1. The molecule has 0 saturated heterocycles. The molecule has 0 aromatic heterocycles. The van der Waals surface area contributed by atoms with E-state index in [1.54, 1.807) is 0 Å². The van der Waals surface area contributed by atoms with E-state index >= 15 is 0 Å². The topological polar surface area (TPSA) is 101 Å². The SMILES string of the molecule is C=CCN(CC=C)C(=O)CN(C)S(=O)(=O)c1cccc([N+](=O)[O-])c1. The molecule has 0 fully saturated rings. The van der Waals surface area contributed by atoms with E-state index in [0.29, 0.717) is 0 Å². The molecule has 0 unspecified atom stereocenters. The monoisotopic (exact) mass is 353 g/mol. The van der Waals surface area contributed by atoms with Gasteiger partial charge in [-0.3, -0.25) is 14.9 Å². The van der Waals surface area contributed by atoms with Crippen LogP contribution in [0.4, 0.5) is 5.69 Å². The van der Waals surface area contributed by atoms with E-state index in [9.17, 15) is 23.3 Å². The number of benzene rings is 1. The van der Waals surface area contributed by atoms with Gasteiger partial charge in [-0.05, 0) is 6.07 Å². The molecule has 0 N–H and O–H groups in total. The lowest BCUT2D eigenvalue weighted by Crippen LogP contribution is -2.41. The van der Waals surface area contributed by atoms with Gasteiger partial charge in [-0.1, -0.05) is 18.2 Å². The Labute approximate surface area is 140 Å². The number of nitrogens with zero attached hydrogens (tertiary/aromatic N) is 3. The highest BCUT2D eigenvalue weighted by atomic mass is 32.2. The number of carbonyl (C=O) groups is 1. The molecule has 9 heteroatoms. The van der Waals surface area contributed by atoms with Crippen molar-refractivity contribution in [2.75, 3.05) is 26.7 Å². The Balaban J connectivity index is 3.00. The summed E-state index contributed by atoms with van der Waals surface area (Å²) in [5.41, 5.74) is -0.337. The lowest BCUT2D eigenvalue weighted by Gasteiger charge is -2.23. The Kier molecular flexibility index (Phi) is 6.81. The quantitative estimate of drug-likeness (QED) is 0.380. The Morgan fingerprint density at radius 1 is 1.29 bits per heavy atom. The zero-order valence-corrected chi connectivity index (χ0v) is 14.1. The van der Waals surface area contributed by atoms with Crippen molar-refractivity contribution in [3.8, 4) is 0 Å². The summed E-state index contributed by atoms with van der Waals surface area (Å²) in [6.45, 7) is 7.21. The Hall–Kier alpha value is -2.52. The van der Waals surface area contributed by atoms with E-state index in [-0.39, 0.29) is 23.7 Å². The molecule has 0 bridgehead atoms. The number of hydrogen-bond acceptors (Lipinski definition) is 5. The zero-order chi connectivity index (χ0) is 18.3. The van der Waals surface area contributed by atoms with Gasteiger partial charge in [-0.2, -0.15) is 4.31 Å². The van der Waals surface area contributed by atoms with Crippen LogP contribution in [0.25, 0.3) is 0 Å². The zero-order valence-electron chi connectivity index (χ0n) is 13.3. The number of nitro groups is 1. The molecule has 0 aliphatic carbocycles. The molecule has 1 aromatic rings. The highest BCUT2D eigenvalue weighted by Gasteiger charge is 2.26. The van der Waals surface area contributed by atoms with Crippen LogP contribution in [0.3, 0.4) is 0 Å². The van der Waals surface area contributed by atoms with E-state index in [1.807, 2.05) is 0 Å². The summed E-state index contributed by atoms with van der Waals surface area (Å²) in [6, 6.07) is 4.68. The minimum atomic E-state index is -4.02. The average Bonchev–Trinajstić information content (AvgIpc) is 2.54. The molecule has 0 saturated carbocycles. The minimum absolute atomic E-state index is 0.244. The number of carbonyl (C=O) groups excluding carboxylic acids is 1. The summed E-state index contributed by atoms with van der Waals surface area (Å²) in [7, 11) is -2.78. The Morgan fingerprint density at radius 2 is 1.88 bits per heavy atom. The van der Waals surface area contributed by atoms with Gasteiger partial charge >= 0.3 is 0 Å². The van der Waals surface area contributed by atoms with Gasteiger partial charge < -0.3 is 4.90 Å². The van der Waals surface area contributed by atoms with Crippen molar-refractivity contribution in [3.63, 3.8) is 0 Å². The molecule has 0 aliphatic rings. The highest BCUT2D eigenvalue weighted by molar-refractivity contribution is 7.89. The molecule has 0 spiro atoms. The van der Waals surface area contributed by atoms with Gasteiger partial charge in [0.25, 0.3) is 5.69 Å². The fourth-order valence-electron chi connectivity index (χ4n) is 1.90. The lowest BCUT2D eigenvalue weighted by molar-refractivity contribution is -0.385. The molecular weight excluding hydrogens is 334 g/mol. The van der Waals surface area contributed by atoms with Gasteiger partial charge in [0.05, 0.1) is 16.4 Å². The Morgan fingerprint density at radius 3 is 2.38 bits per heavy atom. The standard InChI is InChI=1S/C15H19N3O5S/c1-4-9-17(10-5-2)15(19)12-16(3)24(22,23)14-8-6-7-13(11-14)18(20)21/h4-8,11H,1-2,9-10,12H2,3H3. The number of amides is 1. The average molecular weight is 353 g/mol. The molecule has 1 amide bonds. The van der Waals surface area contributed by atoms with E-state index < -0.39 is 27.4 Å². The number of hydrogen-bond donors (Lipinski definition) is 0. The fourth-order valence-corrected chi connectivity index (χ4v) is 3.06. The second-order valence-electron chi connectivity index (χ2n) is 4.89. The third kappa shape index (κ3) is 4.74. The number of likely N-dealkylation sites (N-methyl/N-ethyl adjacent to an activating group) is 1. The van der Waals surface area contributed by atoms with Gasteiger partial charge in [0, 0.05) is 32.3 Å². The third-order valence-electron chi connectivity index (χ3n) is 3.15. The van der Waals surface area contributed by atoms with E-state index in [0.717, 1.165) is 10.4 Å². The first-order valence-corrected chi connectivity index (χ1v) is 8.38. The van der Waals surface area contributed by atoms with Crippen LogP contribution in [0.1, 0.15) is 0 Å². The first-order chi connectivity index (χ1) is 11.2. The summed E-state index contributed by atoms with van der Waals surface area (Å²) in [5, 5.41) is 10.8. The first-order valence-electron chi connectivity index (χ1n) is 6.94. The van der Waals surface area contributed by atoms with Gasteiger partial charge in [-0.25, -0.2) is 8.42 Å². The van der Waals surface area contributed by atoms with Gasteiger partial charge in [0.15, 0.2) is 0 Å². The predicted molar refractivity (Wildman–Crippen MR) is 89.9 cm³/mol. The van der Waals surface area contributed by atoms with Crippen LogP contribution in [0, 0.1) is 10.1 Å². The van der Waals surface area contributed by atoms with Crippen LogP contribution in [-0.2, 0) is 14.8 Å². The largest absolute Gasteiger partial charge is 0.334 e. The summed E-state index contributed by atoms with van der Waals surface area (Å²) in [6.07, 6.45) is 3.05. The molecule has 24 heavy (non-hydrogen) atoms. The smallest absolute Gasteiger partial charge is 0.270 e. The number of non-ortho nitro benzene ring substituents is 1. The second-order valence-corrected chi connectivity index (χ2v) is 6.94. The maximum atomic E-state index is 12.5. The van der Waals surface area contributed by atoms with Gasteiger partial charge in [-0.15, -0.1) is 13.2 Å². The third-order valence-corrected chi connectivity index (χ3v) is 4.95. The minimum Gasteiger partial charge on any atom is -0.334 e. The first kappa shape index (κ1) is 19.5. The van der Waals surface area contributed by atoms with E-state index in [1.165, 1.54) is 42.3 Å². The molecule has 1 rings (SSSR count). The van der Waals surface area contributed by atoms with Crippen molar-refractivity contribution in [3.05, 3.63) is 59.7 Å². The van der Waals surface area contributed by atoms with Crippen molar-refractivity contribution in [2.45, 2.75) is 4.90 Å². The maximum Gasteiger partial charge on any atom is 0.270 e. The van der Waals surface area contributed by atoms with E-state index in [4.69, 9.17) is 0 Å². The molecule has 0 radical (unpaired) electrons. The predicted octanol–water partition coefficient (Wildman–Crippen LogP) is 1.42. The lowest BCUT2D eigenvalue weighted by atomic mass is 10.3. The number of sulfonamides is 1. The molecule has 0 aliphatic heterocycles. The van der Waals surface area contributed by atoms with Crippen LogP contribution in [0.2, 0.25) is 0 Å². The van der Waals surface area contributed by atoms with Crippen molar-refractivity contribution in [1.29, 1.82) is 0 Å². The Bertz CT molecular complexity index is 735. The highest BCUT2D eigenvalue weighted by Crippen LogP contribution is 2.20. The summed E-state index contributed by atoms with van der Waals surface area (Å²) >= 11 is 0. The van der Waals surface area contributed by atoms with Crippen molar-refractivity contribution in [2.24, 2.45) is 0 Å². The van der Waals surface area contributed by atoms with Gasteiger partial charge in [0.2, 0.25) is 15.9 Å². The fraction of sp³-hybridized carbons (Fsp3) is 0.267. The molecule has 0 atom stereocenters. The summed E-state index contributed by atoms with van der Waals surface area (Å²) in [4.78, 5) is 23.4.